The summed E-state index contributed by atoms with van der Waals surface area (Å²) in [4.78, 5) is 0. The summed E-state index contributed by atoms with van der Waals surface area (Å²) in [7, 11) is 0. The van der Waals surface area contributed by atoms with Crippen molar-refractivity contribution in [1.82, 2.24) is 0 Å². The molecule has 0 heterocycles. The largest absolute Gasteiger partial charge is 0.179 e. The molecule has 0 aromatic rings. The van der Waals surface area contributed by atoms with Crippen LogP contribution in [0.2, 0.25) is 0 Å². The van der Waals surface area contributed by atoms with E-state index < -0.39 is 0 Å². The van der Waals surface area contributed by atoms with Crippen LogP contribution in [0.4, 0.5) is 0 Å². The average molecular weight is 607 g/mol. The minimum atomic E-state index is 0.255. The Bertz CT molecular complexity index is 498. The number of unbranched alkanes of at least 4 members (excludes halogenated alkanes) is 1. The van der Waals surface area contributed by atoms with Crippen LogP contribution in [-0.2, 0) is 0 Å². The SMILES string of the molecule is CC(C)CC(C)CC(C)C(C)CS.CC(C)CC(C)CCCCC(C)S.CCC(C)(S)CCC(C)CC(C)C. The van der Waals surface area contributed by atoms with E-state index in [1.54, 1.807) is 0 Å². The molecule has 39 heavy (non-hydrogen) atoms. The van der Waals surface area contributed by atoms with E-state index in [0.29, 0.717) is 5.25 Å². The van der Waals surface area contributed by atoms with E-state index in [1.165, 1.54) is 70.6 Å². The molecule has 0 N–H and O–H groups in total. The van der Waals surface area contributed by atoms with Crippen molar-refractivity contribution in [2.24, 2.45) is 47.3 Å². The molecule has 0 nitrogen and oxygen atoms in total. The van der Waals surface area contributed by atoms with Crippen LogP contribution in [0.15, 0.2) is 0 Å². The summed E-state index contributed by atoms with van der Waals surface area (Å²) in [6, 6.07) is 0. The van der Waals surface area contributed by atoms with Crippen LogP contribution in [-0.4, -0.2) is 15.7 Å². The Hall–Kier alpha value is 1.05. The van der Waals surface area contributed by atoms with Crippen LogP contribution in [0.1, 0.15) is 168 Å². The second kappa shape index (κ2) is 26.7. The minimum Gasteiger partial charge on any atom is -0.179 e. The summed E-state index contributed by atoms with van der Waals surface area (Å²) in [5.74, 6) is 7.79. The van der Waals surface area contributed by atoms with Gasteiger partial charge in [0.1, 0.15) is 0 Å². The van der Waals surface area contributed by atoms with Crippen molar-refractivity contribution in [2.45, 2.75) is 178 Å². The standard InChI is InChI=1S/3C12H26S/c1-9(2)6-10(3)7-11(4)12(5)8-13;1-10(2)9-11(3)7-5-6-8-12(4)13;1-6-12(5,13)8-7-11(4)9-10(2)3/h9-13H,6-8H2,1-5H3;10-13H,5-9H2,1-4H3;10-11,13H,6-9H2,1-5H3. The number of hydrogen-bond donors (Lipinski definition) is 3. The van der Waals surface area contributed by atoms with Crippen molar-refractivity contribution < 1.29 is 0 Å². The van der Waals surface area contributed by atoms with Gasteiger partial charge in [0.15, 0.2) is 0 Å². The van der Waals surface area contributed by atoms with E-state index >= 15 is 0 Å². The molecule has 0 radical (unpaired) electrons. The van der Waals surface area contributed by atoms with Crippen LogP contribution >= 0.6 is 37.9 Å². The van der Waals surface area contributed by atoms with E-state index in [0.717, 1.165) is 53.1 Å². The maximum Gasteiger partial charge on any atom is 0.00988 e. The van der Waals surface area contributed by atoms with Crippen molar-refractivity contribution in [3.63, 3.8) is 0 Å². The molecule has 7 atom stereocenters. The Balaban J connectivity index is -0.000000498. The van der Waals surface area contributed by atoms with Gasteiger partial charge in [-0.05, 0) is 110 Å². The van der Waals surface area contributed by atoms with Gasteiger partial charge >= 0.3 is 0 Å². The fourth-order valence-corrected chi connectivity index (χ4v) is 6.13. The zero-order valence-corrected chi connectivity index (χ0v) is 32.2. The van der Waals surface area contributed by atoms with Gasteiger partial charge in [-0.25, -0.2) is 0 Å². The quantitative estimate of drug-likeness (QED) is 0.0945. The minimum absolute atomic E-state index is 0.255. The van der Waals surface area contributed by atoms with Crippen LogP contribution in [0.25, 0.3) is 0 Å². The second-order valence-electron chi connectivity index (χ2n) is 15.1. The molecule has 0 bridgehead atoms. The number of thiol groups is 3. The summed E-state index contributed by atoms with van der Waals surface area (Å²) >= 11 is 13.4. The van der Waals surface area contributed by atoms with Gasteiger partial charge in [-0.2, -0.15) is 37.9 Å². The van der Waals surface area contributed by atoms with Gasteiger partial charge in [-0.3, -0.25) is 0 Å². The van der Waals surface area contributed by atoms with Crippen molar-refractivity contribution in [2.75, 3.05) is 5.75 Å². The Morgan fingerprint density at radius 2 is 0.974 bits per heavy atom. The molecule has 7 unspecified atom stereocenters. The summed E-state index contributed by atoms with van der Waals surface area (Å²) in [6.45, 7) is 32.3. The summed E-state index contributed by atoms with van der Waals surface area (Å²) in [6.07, 6.45) is 14.6. The molecule has 0 aromatic carbocycles. The lowest BCUT2D eigenvalue weighted by Gasteiger charge is -2.24. The van der Waals surface area contributed by atoms with Crippen molar-refractivity contribution in [1.29, 1.82) is 0 Å². The van der Waals surface area contributed by atoms with Crippen LogP contribution < -0.4 is 0 Å². The van der Waals surface area contributed by atoms with Gasteiger partial charge in [-0.15, -0.1) is 0 Å². The lowest BCUT2D eigenvalue weighted by atomic mass is 9.85. The monoisotopic (exact) mass is 607 g/mol. The molecule has 0 amide bonds. The Morgan fingerprint density at radius 1 is 0.564 bits per heavy atom. The Morgan fingerprint density at radius 3 is 1.36 bits per heavy atom. The summed E-state index contributed by atoms with van der Waals surface area (Å²) in [5.41, 5.74) is 0. The van der Waals surface area contributed by atoms with Gasteiger partial charge < -0.3 is 0 Å². The molecule has 0 aromatic heterocycles. The first-order valence-electron chi connectivity index (χ1n) is 16.9. The third kappa shape index (κ3) is 35.2. The normalized spacial score (nSPS) is 17.8. The third-order valence-corrected chi connectivity index (χ3v) is 9.54. The molecule has 0 aliphatic heterocycles. The molecule has 3 heteroatoms. The average Bonchev–Trinajstić information content (AvgIpc) is 2.79. The fraction of sp³-hybridized carbons (Fsp3) is 1.00. The first kappa shape index (κ1) is 44.5. The maximum atomic E-state index is 4.65. The molecular formula is C36H78S3. The third-order valence-electron chi connectivity index (χ3n) is 8.16. The van der Waals surface area contributed by atoms with E-state index in [9.17, 15) is 0 Å². The van der Waals surface area contributed by atoms with Gasteiger partial charge in [0.2, 0.25) is 0 Å². The van der Waals surface area contributed by atoms with Crippen LogP contribution in [0.3, 0.4) is 0 Å². The van der Waals surface area contributed by atoms with E-state index in [4.69, 9.17) is 0 Å². The van der Waals surface area contributed by atoms with Crippen molar-refractivity contribution in [3.8, 4) is 0 Å². The summed E-state index contributed by atoms with van der Waals surface area (Å²) < 4.78 is 0.255. The van der Waals surface area contributed by atoms with E-state index in [-0.39, 0.29) is 4.75 Å². The van der Waals surface area contributed by atoms with Crippen molar-refractivity contribution in [3.05, 3.63) is 0 Å². The van der Waals surface area contributed by atoms with Crippen molar-refractivity contribution >= 4 is 37.9 Å². The molecule has 0 saturated heterocycles. The highest BCUT2D eigenvalue weighted by Gasteiger charge is 2.18. The highest BCUT2D eigenvalue weighted by atomic mass is 32.1. The first-order valence-corrected chi connectivity index (χ1v) is 18.5. The fourth-order valence-electron chi connectivity index (χ4n) is 5.46. The first-order chi connectivity index (χ1) is 17.9. The Labute approximate surface area is 267 Å². The topological polar surface area (TPSA) is 0 Å². The zero-order chi connectivity index (χ0) is 31.2. The molecule has 0 aliphatic rings. The zero-order valence-electron chi connectivity index (χ0n) is 29.5. The smallest absolute Gasteiger partial charge is 0.00988 e. The molecule has 240 valence electrons. The van der Waals surface area contributed by atoms with Crippen LogP contribution in [0, 0.1) is 47.3 Å². The van der Waals surface area contributed by atoms with E-state index in [2.05, 4.69) is 135 Å². The molecule has 0 saturated carbocycles. The summed E-state index contributed by atoms with van der Waals surface area (Å²) in [5, 5.41) is 0.584. The van der Waals surface area contributed by atoms with E-state index in [1.807, 2.05) is 0 Å². The highest BCUT2D eigenvalue weighted by molar-refractivity contribution is 7.81. The van der Waals surface area contributed by atoms with Gasteiger partial charge in [0, 0.05) is 4.75 Å². The second-order valence-corrected chi connectivity index (χ2v) is 17.4. The van der Waals surface area contributed by atoms with Gasteiger partial charge in [0.25, 0.3) is 0 Å². The lowest BCUT2D eigenvalue weighted by molar-refractivity contribution is 0.304. The number of rotatable bonds is 19. The molecule has 0 spiro atoms. The van der Waals surface area contributed by atoms with Gasteiger partial charge in [0.05, 0.1) is 0 Å². The van der Waals surface area contributed by atoms with Gasteiger partial charge in [-0.1, -0.05) is 116 Å². The molecule has 0 aliphatic carbocycles. The maximum absolute atomic E-state index is 4.65. The highest BCUT2D eigenvalue weighted by Crippen LogP contribution is 2.28. The Kier molecular flexibility index (Phi) is 30.4. The predicted octanol–water partition coefficient (Wildman–Crippen LogP) is 13.4. The lowest BCUT2D eigenvalue weighted by Crippen LogP contribution is -2.16. The molecular weight excluding hydrogens is 529 g/mol. The molecule has 0 fully saturated rings. The predicted molar refractivity (Wildman–Crippen MR) is 196 cm³/mol. The number of hydrogen-bond acceptors (Lipinski definition) is 3. The van der Waals surface area contributed by atoms with Crippen LogP contribution in [0.5, 0.6) is 0 Å². The molecule has 0 rings (SSSR count).